The molecule has 52 heavy (non-hydrogen) atoms. The number of rotatable bonds is 11. The Bertz CT molecular complexity index is 1920. The van der Waals surface area contributed by atoms with E-state index in [1.165, 1.54) is 22.5 Å². The molecule has 0 spiro atoms. The number of nitrogens with zero attached hydrogens (tertiary/aromatic N) is 6. The third kappa shape index (κ3) is 7.89. The number of anilines is 1. The first-order valence-corrected chi connectivity index (χ1v) is 19.1. The fourth-order valence-electron chi connectivity index (χ4n) is 8.32. The maximum absolute atomic E-state index is 15.0. The van der Waals surface area contributed by atoms with E-state index in [0.717, 1.165) is 96.8 Å². The Morgan fingerprint density at radius 1 is 1.00 bits per heavy atom. The van der Waals surface area contributed by atoms with Crippen molar-refractivity contribution in [2.75, 3.05) is 77.2 Å². The fraction of sp³-hybridized carbons (Fsp3) is 0.564. The summed E-state index contributed by atoms with van der Waals surface area (Å²) in [6, 6.07) is 9.69. The van der Waals surface area contributed by atoms with Gasteiger partial charge in [0.05, 0.1) is 30.4 Å². The van der Waals surface area contributed by atoms with Gasteiger partial charge in [0.2, 0.25) is 0 Å². The average molecular weight is 715 g/mol. The van der Waals surface area contributed by atoms with Crippen molar-refractivity contribution < 1.29 is 18.6 Å². The molecular weight excluding hydrogens is 663 g/mol. The molecule has 0 unspecified atom stereocenters. The number of likely N-dealkylation sites (tertiary alicyclic amines) is 2. The molecule has 2 N–H and O–H groups in total. The summed E-state index contributed by atoms with van der Waals surface area (Å²) in [5, 5.41) is 9.51. The van der Waals surface area contributed by atoms with Crippen LogP contribution < -0.4 is 20.5 Å². The zero-order valence-electron chi connectivity index (χ0n) is 30.2. The van der Waals surface area contributed by atoms with Gasteiger partial charge in [-0.1, -0.05) is 18.2 Å². The van der Waals surface area contributed by atoms with E-state index in [9.17, 15) is 4.79 Å². The van der Waals surface area contributed by atoms with Gasteiger partial charge in [-0.3, -0.25) is 14.8 Å². The van der Waals surface area contributed by atoms with Gasteiger partial charge in [0, 0.05) is 63.6 Å². The molecule has 8 rings (SSSR count). The number of fused-ring (bicyclic) bond motifs is 2. The Balaban J connectivity index is 0.789. The van der Waals surface area contributed by atoms with Crippen molar-refractivity contribution in [3.8, 4) is 5.75 Å². The van der Waals surface area contributed by atoms with Crippen LogP contribution in [0, 0.1) is 11.7 Å². The smallest absolute Gasteiger partial charge is 0.261 e. The quantitative estimate of drug-likeness (QED) is 0.231. The Morgan fingerprint density at radius 2 is 1.77 bits per heavy atom. The van der Waals surface area contributed by atoms with Gasteiger partial charge in [-0.15, -0.1) is 0 Å². The van der Waals surface area contributed by atoms with Crippen molar-refractivity contribution in [1.29, 1.82) is 0 Å². The van der Waals surface area contributed by atoms with Crippen LogP contribution in [0.15, 0.2) is 47.4 Å². The number of halogens is 1. The Hall–Kier alpha value is -3.88. The van der Waals surface area contributed by atoms with Gasteiger partial charge in [-0.2, -0.15) is 5.10 Å². The van der Waals surface area contributed by atoms with Crippen molar-refractivity contribution in [3.05, 3.63) is 70.2 Å². The van der Waals surface area contributed by atoms with E-state index in [0.29, 0.717) is 43.2 Å². The third-order valence-corrected chi connectivity index (χ3v) is 11.3. The maximum Gasteiger partial charge on any atom is 0.261 e. The van der Waals surface area contributed by atoms with Crippen LogP contribution in [0.5, 0.6) is 5.75 Å². The monoisotopic (exact) mass is 714 g/mol. The van der Waals surface area contributed by atoms with Crippen molar-refractivity contribution in [2.45, 2.75) is 57.2 Å². The SMILES string of the molecule is Cn1nc(N2C=CCNC2)c2cccc(C3CCN(CCN4CCC(COc5cc(F)c6c(=O)[nH]c(COC7CCOCC7)nc6c5)CC4)CC3)c21. The van der Waals surface area contributed by atoms with Gasteiger partial charge in [0.25, 0.3) is 5.56 Å². The normalized spacial score (nSPS) is 20.4. The molecule has 4 aliphatic rings. The number of aromatic amines is 1. The molecule has 2 aromatic carbocycles. The van der Waals surface area contributed by atoms with Gasteiger partial charge in [-0.25, -0.2) is 9.37 Å². The summed E-state index contributed by atoms with van der Waals surface area (Å²) < 4.78 is 34.5. The van der Waals surface area contributed by atoms with Gasteiger partial charge < -0.3 is 33.9 Å². The molecule has 2 aromatic heterocycles. The number of ether oxygens (including phenoxy) is 3. The number of hydrogen-bond donors (Lipinski definition) is 2. The average Bonchev–Trinajstić information content (AvgIpc) is 3.53. The second kappa shape index (κ2) is 16.0. The molecule has 12 nitrogen and oxygen atoms in total. The summed E-state index contributed by atoms with van der Waals surface area (Å²) in [5.41, 5.74) is 2.47. The number of para-hydroxylation sites is 1. The molecule has 0 amide bonds. The second-order valence-electron chi connectivity index (χ2n) is 14.8. The largest absolute Gasteiger partial charge is 0.493 e. The van der Waals surface area contributed by atoms with Gasteiger partial charge >= 0.3 is 0 Å². The van der Waals surface area contributed by atoms with Crippen LogP contribution in [-0.4, -0.2) is 108 Å². The Kier molecular flexibility index (Phi) is 10.8. The van der Waals surface area contributed by atoms with Crippen molar-refractivity contribution >= 4 is 27.6 Å². The predicted molar refractivity (Wildman–Crippen MR) is 199 cm³/mol. The molecule has 4 aromatic rings. The molecule has 4 aliphatic heterocycles. The molecule has 278 valence electrons. The minimum absolute atomic E-state index is 0.0527. The van der Waals surface area contributed by atoms with E-state index in [2.05, 4.69) is 72.2 Å². The zero-order chi connectivity index (χ0) is 35.4. The van der Waals surface area contributed by atoms with Gasteiger partial charge in [0.1, 0.15) is 29.4 Å². The van der Waals surface area contributed by atoms with Crippen molar-refractivity contribution in [3.63, 3.8) is 0 Å². The predicted octanol–water partition coefficient (Wildman–Crippen LogP) is 4.50. The molecule has 3 saturated heterocycles. The van der Waals surface area contributed by atoms with E-state index in [-0.39, 0.29) is 23.6 Å². The van der Waals surface area contributed by atoms with Crippen molar-refractivity contribution in [1.82, 2.24) is 34.9 Å². The van der Waals surface area contributed by atoms with Crippen LogP contribution >= 0.6 is 0 Å². The Labute approximate surface area is 303 Å². The van der Waals surface area contributed by atoms with Crippen LogP contribution in [0.25, 0.3) is 21.8 Å². The van der Waals surface area contributed by atoms with Crippen molar-refractivity contribution in [2.24, 2.45) is 13.0 Å². The van der Waals surface area contributed by atoms with Crippen LogP contribution in [0.4, 0.5) is 10.2 Å². The number of H-pyrrole nitrogens is 1. The summed E-state index contributed by atoms with van der Waals surface area (Å²) in [4.78, 5) is 27.3. The Morgan fingerprint density at radius 3 is 2.52 bits per heavy atom. The topological polar surface area (TPSA) is 113 Å². The highest BCUT2D eigenvalue weighted by Crippen LogP contribution is 2.36. The lowest BCUT2D eigenvalue weighted by Gasteiger charge is -2.36. The zero-order valence-corrected chi connectivity index (χ0v) is 30.2. The van der Waals surface area contributed by atoms with Gasteiger partial charge in [-0.05, 0) is 88.2 Å². The van der Waals surface area contributed by atoms with Crippen LogP contribution in [0.3, 0.4) is 0 Å². The molecule has 6 heterocycles. The lowest BCUT2D eigenvalue weighted by atomic mass is 9.88. The number of aromatic nitrogens is 4. The molecule has 0 atom stereocenters. The number of piperidine rings is 2. The van der Waals surface area contributed by atoms with Crippen LogP contribution in [0.2, 0.25) is 0 Å². The summed E-state index contributed by atoms with van der Waals surface area (Å²) in [5.74, 6) is 2.14. The molecule has 0 radical (unpaired) electrons. The number of benzene rings is 2. The first-order valence-electron chi connectivity index (χ1n) is 19.1. The summed E-state index contributed by atoms with van der Waals surface area (Å²) in [7, 11) is 2.08. The highest BCUT2D eigenvalue weighted by Gasteiger charge is 2.27. The third-order valence-electron chi connectivity index (χ3n) is 11.3. The van der Waals surface area contributed by atoms with Crippen LogP contribution in [0.1, 0.15) is 55.8 Å². The van der Waals surface area contributed by atoms with E-state index >= 15 is 4.39 Å². The molecule has 0 bridgehead atoms. The lowest BCUT2D eigenvalue weighted by Crippen LogP contribution is -2.42. The minimum atomic E-state index is -0.622. The number of aryl methyl sites for hydroxylation is 1. The van der Waals surface area contributed by atoms with E-state index < -0.39 is 11.4 Å². The molecule has 0 aliphatic carbocycles. The minimum Gasteiger partial charge on any atom is -0.493 e. The second-order valence-corrected chi connectivity index (χ2v) is 14.8. The first kappa shape index (κ1) is 35.2. The fourth-order valence-corrected chi connectivity index (χ4v) is 8.32. The lowest BCUT2D eigenvalue weighted by molar-refractivity contribution is -0.0408. The molecular formula is C39H51FN8O4. The first-order chi connectivity index (χ1) is 25.5. The highest BCUT2D eigenvalue weighted by atomic mass is 19.1. The summed E-state index contributed by atoms with van der Waals surface area (Å²) in [6.45, 7) is 10.2. The van der Waals surface area contributed by atoms with E-state index in [1.54, 1.807) is 6.07 Å². The summed E-state index contributed by atoms with van der Waals surface area (Å²) in [6.07, 6.45) is 10.4. The molecule has 3 fully saturated rings. The van der Waals surface area contributed by atoms with E-state index in [1.807, 2.05) is 0 Å². The van der Waals surface area contributed by atoms with Gasteiger partial charge in [0.15, 0.2) is 5.82 Å². The van der Waals surface area contributed by atoms with Crippen LogP contribution in [-0.2, 0) is 23.1 Å². The standard InChI is InChI=1S/C39H51FN8O4/c1-45-37-31(4-2-5-32(37)38(44-45)48-13-3-12-41-26-48)28-8-16-47(17-9-28)19-18-46-14-6-27(7-15-46)24-51-30-22-33(40)36-34(23-30)42-35(43-39(36)49)25-52-29-10-20-50-21-11-29/h2-5,13,22-23,27-29,41H,6-12,14-21,24-26H2,1H3,(H,42,43,49). The highest BCUT2D eigenvalue weighted by molar-refractivity contribution is 5.93. The summed E-state index contributed by atoms with van der Waals surface area (Å²) >= 11 is 0. The van der Waals surface area contributed by atoms with E-state index in [4.69, 9.17) is 19.3 Å². The molecule has 0 saturated carbocycles. The molecule has 13 heteroatoms. The maximum atomic E-state index is 15.0. The number of nitrogens with one attached hydrogen (secondary N) is 2. The number of hydrogen-bond acceptors (Lipinski definition) is 10.